The van der Waals surface area contributed by atoms with Gasteiger partial charge < -0.3 is 20.6 Å². The maximum Gasteiger partial charge on any atom is 0.320 e. The maximum absolute atomic E-state index is 12.3. The first-order valence-corrected chi connectivity index (χ1v) is 6.55. The highest BCUT2D eigenvalue weighted by Crippen LogP contribution is 2.26. The number of primary amides is 1. The number of carboxylic acids is 1. The smallest absolute Gasteiger partial charge is 0.320 e. The molecular formula is C12H19N3O4. The molecule has 1 aliphatic heterocycles. The number of nitrogens with zero attached hydrogens (tertiary/aromatic N) is 2. The molecule has 19 heavy (non-hydrogen) atoms. The highest BCUT2D eigenvalue weighted by molar-refractivity contribution is 5.85. The fourth-order valence-electron chi connectivity index (χ4n) is 2.71. The van der Waals surface area contributed by atoms with Crippen LogP contribution in [0.25, 0.3) is 0 Å². The molecule has 2 fully saturated rings. The highest BCUT2D eigenvalue weighted by atomic mass is 16.4. The van der Waals surface area contributed by atoms with Crippen molar-refractivity contribution in [1.29, 1.82) is 0 Å². The quantitative estimate of drug-likeness (QED) is 0.740. The predicted molar refractivity (Wildman–Crippen MR) is 66.3 cm³/mol. The third kappa shape index (κ3) is 2.97. The highest BCUT2D eigenvalue weighted by Gasteiger charge is 2.39. The first kappa shape index (κ1) is 13.6. The molecule has 1 heterocycles. The van der Waals surface area contributed by atoms with Crippen molar-refractivity contribution in [1.82, 2.24) is 9.80 Å². The van der Waals surface area contributed by atoms with Crippen LogP contribution < -0.4 is 5.73 Å². The molecule has 2 aliphatic rings. The Morgan fingerprint density at radius 3 is 2.26 bits per heavy atom. The SMILES string of the molecule is NC(=O)CN(C(=O)N1CC(C(=O)O)C1)C1CCCC1. The van der Waals surface area contributed by atoms with E-state index >= 15 is 0 Å². The lowest BCUT2D eigenvalue weighted by atomic mass is 10.0. The summed E-state index contributed by atoms with van der Waals surface area (Å²) in [5.74, 6) is -1.90. The summed E-state index contributed by atoms with van der Waals surface area (Å²) in [5, 5.41) is 8.80. The minimum Gasteiger partial charge on any atom is -0.481 e. The number of amides is 3. The van der Waals surface area contributed by atoms with Gasteiger partial charge in [0, 0.05) is 19.1 Å². The van der Waals surface area contributed by atoms with Gasteiger partial charge in [0.15, 0.2) is 0 Å². The van der Waals surface area contributed by atoms with Gasteiger partial charge in [0.1, 0.15) is 6.54 Å². The van der Waals surface area contributed by atoms with Crippen LogP contribution in [0.5, 0.6) is 0 Å². The zero-order valence-corrected chi connectivity index (χ0v) is 10.7. The van der Waals surface area contributed by atoms with Crippen molar-refractivity contribution in [3.63, 3.8) is 0 Å². The second-order valence-corrected chi connectivity index (χ2v) is 5.26. The minimum atomic E-state index is -0.883. The van der Waals surface area contributed by atoms with Gasteiger partial charge in [-0.3, -0.25) is 9.59 Å². The Hall–Kier alpha value is -1.79. The van der Waals surface area contributed by atoms with E-state index in [-0.39, 0.29) is 31.7 Å². The van der Waals surface area contributed by atoms with E-state index in [2.05, 4.69) is 0 Å². The van der Waals surface area contributed by atoms with Gasteiger partial charge >= 0.3 is 12.0 Å². The maximum atomic E-state index is 12.3. The average Bonchev–Trinajstić information content (AvgIpc) is 2.75. The standard InChI is InChI=1S/C12H19N3O4/c13-10(16)7-15(9-3-1-2-4-9)12(19)14-5-8(6-14)11(17)18/h8-9H,1-7H2,(H2,13,16)(H,17,18). The van der Waals surface area contributed by atoms with Crippen LogP contribution in [0.4, 0.5) is 4.79 Å². The Morgan fingerprint density at radius 1 is 1.21 bits per heavy atom. The summed E-state index contributed by atoms with van der Waals surface area (Å²) in [5.41, 5.74) is 5.19. The molecule has 1 saturated heterocycles. The largest absolute Gasteiger partial charge is 0.481 e. The molecule has 0 atom stereocenters. The zero-order valence-electron chi connectivity index (χ0n) is 10.7. The molecule has 0 bridgehead atoms. The Morgan fingerprint density at radius 2 is 1.79 bits per heavy atom. The summed E-state index contributed by atoms with van der Waals surface area (Å²) in [6, 6.07) is -0.202. The van der Waals surface area contributed by atoms with E-state index in [9.17, 15) is 14.4 Å². The minimum absolute atomic E-state index is 0.0591. The number of aliphatic carboxylic acids is 1. The zero-order chi connectivity index (χ0) is 14.0. The lowest BCUT2D eigenvalue weighted by Crippen LogP contribution is -2.59. The first-order chi connectivity index (χ1) is 8.99. The molecule has 0 unspecified atom stereocenters. The van der Waals surface area contributed by atoms with Gasteiger partial charge in [0.2, 0.25) is 5.91 Å². The number of rotatable bonds is 4. The molecule has 1 saturated carbocycles. The van der Waals surface area contributed by atoms with Gasteiger partial charge in [-0.05, 0) is 12.8 Å². The molecule has 0 aromatic heterocycles. The number of nitrogens with two attached hydrogens (primary N) is 1. The van der Waals surface area contributed by atoms with E-state index in [1.807, 2.05) is 0 Å². The number of urea groups is 1. The van der Waals surface area contributed by atoms with Crippen LogP contribution in [0, 0.1) is 5.92 Å². The van der Waals surface area contributed by atoms with Crippen LogP contribution in [-0.4, -0.2) is 58.5 Å². The van der Waals surface area contributed by atoms with E-state index in [1.54, 1.807) is 0 Å². The van der Waals surface area contributed by atoms with Crippen LogP contribution in [0.1, 0.15) is 25.7 Å². The van der Waals surface area contributed by atoms with E-state index < -0.39 is 17.8 Å². The van der Waals surface area contributed by atoms with Crippen LogP contribution in [0.3, 0.4) is 0 Å². The van der Waals surface area contributed by atoms with Gasteiger partial charge in [-0.25, -0.2) is 4.79 Å². The summed E-state index contributed by atoms with van der Waals surface area (Å²) in [6.07, 6.45) is 3.86. The fourth-order valence-corrected chi connectivity index (χ4v) is 2.71. The lowest BCUT2D eigenvalue weighted by Gasteiger charge is -2.41. The molecular weight excluding hydrogens is 250 g/mol. The predicted octanol–water partition coefficient (Wildman–Crippen LogP) is -0.147. The number of carbonyl (C=O) groups is 3. The molecule has 0 radical (unpaired) electrons. The molecule has 7 heteroatoms. The third-order valence-corrected chi connectivity index (χ3v) is 3.84. The summed E-state index contributed by atoms with van der Waals surface area (Å²) in [6.45, 7) is 0.351. The summed E-state index contributed by atoms with van der Waals surface area (Å²) in [4.78, 5) is 37.1. The second kappa shape index (κ2) is 5.46. The van der Waals surface area contributed by atoms with Gasteiger partial charge in [0.25, 0.3) is 0 Å². The molecule has 3 amide bonds. The number of hydrogen-bond acceptors (Lipinski definition) is 3. The Balaban J connectivity index is 1.96. The van der Waals surface area contributed by atoms with Crippen molar-refractivity contribution in [2.45, 2.75) is 31.7 Å². The Kier molecular flexibility index (Phi) is 3.92. The average molecular weight is 269 g/mol. The number of likely N-dealkylation sites (tertiary alicyclic amines) is 1. The van der Waals surface area contributed by atoms with Crippen molar-refractivity contribution < 1.29 is 19.5 Å². The number of carbonyl (C=O) groups excluding carboxylic acids is 2. The van der Waals surface area contributed by atoms with E-state index in [0.717, 1.165) is 25.7 Å². The van der Waals surface area contributed by atoms with Gasteiger partial charge in [-0.15, -0.1) is 0 Å². The molecule has 1 aliphatic carbocycles. The van der Waals surface area contributed by atoms with Crippen LogP contribution >= 0.6 is 0 Å². The second-order valence-electron chi connectivity index (χ2n) is 5.26. The Labute approximate surface area is 111 Å². The monoisotopic (exact) mass is 269 g/mol. The van der Waals surface area contributed by atoms with Crippen LogP contribution in [-0.2, 0) is 9.59 Å². The van der Waals surface area contributed by atoms with E-state index in [0.29, 0.717) is 0 Å². The van der Waals surface area contributed by atoms with Crippen molar-refractivity contribution in [3.05, 3.63) is 0 Å². The summed E-state index contributed by atoms with van der Waals surface area (Å²) in [7, 11) is 0. The molecule has 3 N–H and O–H groups in total. The van der Waals surface area contributed by atoms with Crippen LogP contribution in [0.2, 0.25) is 0 Å². The number of hydrogen-bond donors (Lipinski definition) is 2. The lowest BCUT2D eigenvalue weighted by molar-refractivity contribution is -0.146. The van der Waals surface area contributed by atoms with Crippen molar-refractivity contribution in [2.75, 3.05) is 19.6 Å². The van der Waals surface area contributed by atoms with E-state index in [1.165, 1.54) is 9.80 Å². The molecule has 2 rings (SSSR count). The van der Waals surface area contributed by atoms with Crippen molar-refractivity contribution in [2.24, 2.45) is 11.7 Å². The fraction of sp³-hybridized carbons (Fsp3) is 0.750. The normalized spacial score (nSPS) is 20.1. The van der Waals surface area contributed by atoms with Gasteiger partial charge in [0.05, 0.1) is 5.92 Å². The topological polar surface area (TPSA) is 104 Å². The number of carboxylic acid groups (broad SMARTS) is 1. The third-order valence-electron chi connectivity index (χ3n) is 3.84. The first-order valence-electron chi connectivity index (χ1n) is 6.55. The van der Waals surface area contributed by atoms with Gasteiger partial charge in [-0.1, -0.05) is 12.8 Å². The molecule has 0 aromatic rings. The van der Waals surface area contributed by atoms with E-state index in [4.69, 9.17) is 10.8 Å². The van der Waals surface area contributed by atoms with Crippen molar-refractivity contribution >= 4 is 17.9 Å². The van der Waals surface area contributed by atoms with Crippen LogP contribution in [0.15, 0.2) is 0 Å². The van der Waals surface area contributed by atoms with Crippen molar-refractivity contribution in [3.8, 4) is 0 Å². The summed E-state index contributed by atoms with van der Waals surface area (Å²) < 4.78 is 0. The molecule has 7 nitrogen and oxygen atoms in total. The Bertz CT molecular complexity index is 386. The molecule has 106 valence electrons. The molecule has 0 spiro atoms. The molecule has 0 aromatic carbocycles. The summed E-state index contributed by atoms with van der Waals surface area (Å²) >= 11 is 0. The van der Waals surface area contributed by atoms with Gasteiger partial charge in [-0.2, -0.15) is 0 Å².